The van der Waals surface area contributed by atoms with Crippen LogP contribution in [0, 0.1) is 5.82 Å². The zero-order valence-electron chi connectivity index (χ0n) is 12.4. The Labute approximate surface area is 136 Å². The number of rotatable bonds is 2. The second-order valence-electron chi connectivity index (χ2n) is 5.20. The van der Waals surface area contributed by atoms with Gasteiger partial charge < -0.3 is 14.2 Å². The van der Waals surface area contributed by atoms with E-state index in [1.54, 1.807) is 18.2 Å². The molecule has 0 saturated heterocycles. The summed E-state index contributed by atoms with van der Waals surface area (Å²) in [5.41, 5.74) is 0.444. The smallest absolute Gasteiger partial charge is 0.417 e. The number of hydrogen-bond donors (Lipinski definition) is 1. The number of ether oxygens (including phenoxy) is 3. The van der Waals surface area contributed by atoms with Crippen molar-refractivity contribution in [2.75, 3.05) is 12.1 Å². The van der Waals surface area contributed by atoms with Gasteiger partial charge in [0.05, 0.1) is 0 Å². The average molecular weight is 325 g/mol. The van der Waals surface area contributed by atoms with Crippen molar-refractivity contribution >= 4 is 22.6 Å². The van der Waals surface area contributed by atoms with Crippen LogP contribution in [-0.2, 0) is 0 Å². The van der Waals surface area contributed by atoms with Gasteiger partial charge >= 0.3 is 6.09 Å². The van der Waals surface area contributed by atoms with E-state index in [1.807, 2.05) is 12.1 Å². The number of anilines is 1. The zero-order chi connectivity index (χ0) is 16.5. The van der Waals surface area contributed by atoms with Crippen LogP contribution in [0.3, 0.4) is 0 Å². The van der Waals surface area contributed by atoms with E-state index < -0.39 is 6.09 Å². The third-order valence-electron chi connectivity index (χ3n) is 3.63. The Morgan fingerprint density at radius 3 is 2.58 bits per heavy atom. The summed E-state index contributed by atoms with van der Waals surface area (Å²) >= 11 is 0. The maximum absolute atomic E-state index is 12.9. The SMILES string of the molecule is O=C(Nc1ccc(F)cc1)Oc1cccc2cc3c(cc12)OCO3. The van der Waals surface area contributed by atoms with Crippen molar-refractivity contribution in [1.29, 1.82) is 0 Å². The summed E-state index contributed by atoms with van der Waals surface area (Å²) in [6, 6.07) is 14.4. The lowest BCUT2D eigenvalue weighted by Crippen LogP contribution is -2.16. The molecule has 6 heteroatoms. The number of carbonyl (C=O) groups excluding carboxylic acids is 1. The predicted molar refractivity (Wildman–Crippen MR) is 86.1 cm³/mol. The molecule has 0 atom stereocenters. The Morgan fingerprint density at radius 2 is 1.79 bits per heavy atom. The molecule has 5 nitrogen and oxygen atoms in total. The normalized spacial score (nSPS) is 12.2. The van der Waals surface area contributed by atoms with Gasteiger partial charge in [0, 0.05) is 11.1 Å². The van der Waals surface area contributed by atoms with Crippen LogP contribution in [0.5, 0.6) is 17.2 Å². The van der Waals surface area contributed by atoms with Crippen molar-refractivity contribution in [3.8, 4) is 17.2 Å². The monoisotopic (exact) mass is 325 g/mol. The van der Waals surface area contributed by atoms with Crippen molar-refractivity contribution in [1.82, 2.24) is 0 Å². The molecule has 0 unspecified atom stereocenters. The number of halogens is 1. The topological polar surface area (TPSA) is 56.8 Å². The molecule has 0 aromatic heterocycles. The van der Waals surface area contributed by atoms with E-state index >= 15 is 0 Å². The average Bonchev–Trinajstić information content (AvgIpc) is 3.03. The van der Waals surface area contributed by atoms with Gasteiger partial charge in [-0.25, -0.2) is 9.18 Å². The first-order valence-corrected chi connectivity index (χ1v) is 7.26. The lowest BCUT2D eigenvalue weighted by Gasteiger charge is -2.10. The minimum Gasteiger partial charge on any atom is -0.454 e. The molecule has 0 saturated carbocycles. The van der Waals surface area contributed by atoms with Crippen LogP contribution in [-0.4, -0.2) is 12.9 Å². The largest absolute Gasteiger partial charge is 0.454 e. The number of amides is 1. The molecule has 1 heterocycles. The predicted octanol–water partition coefficient (Wildman–Crippen LogP) is 4.32. The van der Waals surface area contributed by atoms with Gasteiger partial charge in [0.25, 0.3) is 0 Å². The summed E-state index contributed by atoms with van der Waals surface area (Å²) < 4.78 is 29.0. The van der Waals surface area contributed by atoms with Crippen LogP contribution in [0.2, 0.25) is 0 Å². The highest BCUT2D eigenvalue weighted by atomic mass is 19.1. The van der Waals surface area contributed by atoms with Crippen LogP contribution in [0.25, 0.3) is 10.8 Å². The minimum atomic E-state index is -0.660. The maximum Gasteiger partial charge on any atom is 0.417 e. The Kier molecular flexibility index (Phi) is 3.42. The van der Waals surface area contributed by atoms with E-state index in [9.17, 15) is 9.18 Å². The third kappa shape index (κ3) is 2.69. The molecular formula is C18H12FNO4. The van der Waals surface area contributed by atoms with Gasteiger partial charge in [-0.1, -0.05) is 12.1 Å². The summed E-state index contributed by atoms with van der Waals surface area (Å²) in [7, 11) is 0. The highest BCUT2D eigenvalue weighted by molar-refractivity contribution is 5.94. The Hall–Kier alpha value is -3.28. The van der Waals surface area contributed by atoms with Gasteiger partial charge in [0.15, 0.2) is 11.5 Å². The number of fused-ring (bicyclic) bond motifs is 2. The summed E-state index contributed by atoms with van der Waals surface area (Å²) in [6.45, 7) is 0.174. The lowest BCUT2D eigenvalue weighted by atomic mass is 10.1. The first-order valence-electron chi connectivity index (χ1n) is 7.26. The quantitative estimate of drug-likeness (QED) is 0.762. The van der Waals surface area contributed by atoms with Crippen molar-refractivity contribution in [2.45, 2.75) is 0 Å². The number of nitrogens with one attached hydrogen (secondary N) is 1. The molecule has 1 amide bonds. The fourth-order valence-corrected chi connectivity index (χ4v) is 2.50. The van der Waals surface area contributed by atoms with Crippen molar-refractivity contribution < 1.29 is 23.4 Å². The molecule has 0 radical (unpaired) electrons. The summed E-state index contributed by atoms with van der Waals surface area (Å²) in [5, 5.41) is 4.15. The van der Waals surface area contributed by atoms with Crippen LogP contribution in [0.15, 0.2) is 54.6 Å². The Balaban J connectivity index is 1.59. The molecule has 120 valence electrons. The molecule has 1 aliphatic rings. The molecule has 0 spiro atoms. The Morgan fingerprint density at radius 1 is 1.04 bits per heavy atom. The molecule has 4 rings (SSSR count). The van der Waals surface area contributed by atoms with Gasteiger partial charge in [-0.15, -0.1) is 0 Å². The van der Waals surface area contributed by atoms with Crippen LogP contribution < -0.4 is 19.5 Å². The van der Waals surface area contributed by atoms with Crippen molar-refractivity contribution in [3.05, 3.63) is 60.4 Å². The van der Waals surface area contributed by atoms with Gasteiger partial charge in [-0.3, -0.25) is 5.32 Å². The molecule has 0 bridgehead atoms. The van der Waals surface area contributed by atoms with Gasteiger partial charge in [-0.2, -0.15) is 0 Å². The minimum absolute atomic E-state index is 0.174. The van der Waals surface area contributed by atoms with Crippen LogP contribution in [0.1, 0.15) is 0 Å². The number of hydrogen-bond acceptors (Lipinski definition) is 4. The number of benzene rings is 3. The standard InChI is InChI=1S/C18H12FNO4/c19-12-4-6-13(7-5-12)20-18(21)24-15-3-1-2-11-8-16-17(9-14(11)15)23-10-22-16/h1-9H,10H2,(H,20,21). The molecular weight excluding hydrogens is 313 g/mol. The molecule has 1 aliphatic heterocycles. The Bertz CT molecular complexity index is 924. The zero-order valence-corrected chi connectivity index (χ0v) is 12.4. The van der Waals surface area contributed by atoms with Crippen molar-refractivity contribution in [2.24, 2.45) is 0 Å². The van der Waals surface area contributed by atoms with Gasteiger partial charge in [0.2, 0.25) is 6.79 Å². The highest BCUT2D eigenvalue weighted by Gasteiger charge is 2.17. The van der Waals surface area contributed by atoms with Crippen LogP contribution >= 0.6 is 0 Å². The maximum atomic E-state index is 12.9. The van der Waals surface area contributed by atoms with Crippen LogP contribution in [0.4, 0.5) is 14.9 Å². The molecule has 3 aromatic rings. The van der Waals surface area contributed by atoms with Gasteiger partial charge in [0.1, 0.15) is 11.6 Å². The van der Waals surface area contributed by atoms with E-state index in [0.717, 1.165) is 10.8 Å². The second kappa shape index (κ2) is 5.73. The highest BCUT2D eigenvalue weighted by Crippen LogP contribution is 2.39. The van der Waals surface area contributed by atoms with Gasteiger partial charge in [-0.05, 0) is 47.9 Å². The van der Waals surface area contributed by atoms with E-state index in [0.29, 0.717) is 22.9 Å². The van der Waals surface area contributed by atoms with E-state index in [4.69, 9.17) is 14.2 Å². The number of carbonyl (C=O) groups is 1. The molecule has 1 N–H and O–H groups in total. The fourth-order valence-electron chi connectivity index (χ4n) is 2.50. The molecule has 3 aromatic carbocycles. The molecule has 0 fully saturated rings. The summed E-state index contributed by atoms with van der Waals surface area (Å²) in [4.78, 5) is 12.1. The van der Waals surface area contributed by atoms with E-state index in [1.165, 1.54) is 24.3 Å². The molecule has 24 heavy (non-hydrogen) atoms. The molecule has 0 aliphatic carbocycles. The van der Waals surface area contributed by atoms with E-state index in [2.05, 4.69) is 5.32 Å². The first kappa shape index (κ1) is 14.3. The van der Waals surface area contributed by atoms with E-state index in [-0.39, 0.29) is 12.6 Å². The second-order valence-corrected chi connectivity index (χ2v) is 5.20. The van der Waals surface area contributed by atoms with Crippen molar-refractivity contribution in [3.63, 3.8) is 0 Å². The third-order valence-corrected chi connectivity index (χ3v) is 3.63. The summed E-state index contributed by atoms with van der Waals surface area (Å²) in [6.07, 6.45) is -0.660. The first-order chi connectivity index (χ1) is 11.7. The lowest BCUT2D eigenvalue weighted by molar-refractivity contribution is 0.174. The summed E-state index contributed by atoms with van der Waals surface area (Å²) in [5.74, 6) is 1.29. The fraction of sp³-hybridized carbons (Fsp3) is 0.0556.